The van der Waals surface area contributed by atoms with Crippen LogP contribution in [0.15, 0.2) is 24.3 Å². The quantitative estimate of drug-likeness (QED) is 0.220. The third-order valence-corrected chi connectivity index (χ3v) is 10.0. The molecule has 4 nitrogen and oxygen atoms in total. The molecule has 4 atom stereocenters. The number of aromatic nitrogens is 1. The molecule has 0 bridgehead atoms. The van der Waals surface area contributed by atoms with E-state index >= 15 is 0 Å². The lowest BCUT2D eigenvalue weighted by Gasteiger charge is -2.37. The van der Waals surface area contributed by atoms with E-state index < -0.39 is 5.41 Å². The highest BCUT2D eigenvalue weighted by atomic mass is 127. The number of fused-ring (bicyclic) bond motifs is 4. The molecule has 0 saturated heterocycles. The van der Waals surface area contributed by atoms with Crippen molar-refractivity contribution in [1.82, 2.24) is 4.98 Å². The first-order valence-electron chi connectivity index (χ1n) is 13.0. The van der Waals surface area contributed by atoms with E-state index in [0.717, 1.165) is 60.2 Å². The summed E-state index contributed by atoms with van der Waals surface area (Å²) in [7, 11) is 0. The molecule has 1 fully saturated rings. The molecule has 5 heteroatoms. The van der Waals surface area contributed by atoms with E-state index in [1.165, 1.54) is 11.1 Å². The minimum Gasteiger partial charge on any atom is -0.440 e. The van der Waals surface area contributed by atoms with Gasteiger partial charge in [0, 0.05) is 27.2 Å². The summed E-state index contributed by atoms with van der Waals surface area (Å²) in [6.45, 7) is 12.9. The van der Waals surface area contributed by atoms with E-state index in [2.05, 4.69) is 80.6 Å². The fourth-order valence-corrected chi connectivity index (χ4v) is 7.79. The highest BCUT2D eigenvalue weighted by molar-refractivity contribution is 14.1. The first-order chi connectivity index (χ1) is 16.4. The maximum Gasteiger partial charge on any atom is 0.182 e. The van der Waals surface area contributed by atoms with Crippen LogP contribution in [0.25, 0.3) is 0 Å². The highest BCUT2D eigenvalue weighted by Crippen LogP contribution is 2.61. The predicted molar refractivity (Wildman–Crippen MR) is 148 cm³/mol. The number of nitrogens with zero attached hydrogens (tertiary/aromatic N) is 2. The van der Waals surface area contributed by atoms with E-state index in [9.17, 15) is 10.4 Å². The summed E-state index contributed by atoms with van der Waals surface area (Å²) < 4.78 is 7.58. The minimum atomic E-state index is -0.526. The van der Waals surface area contributed by atoms with Crippen LogP contribution in [-0.4, -0.2) is 14.0 Å². The van der Waals surface area contributed by atoms with E-state index in [1.807, 2.05) is 13.8 Å². The van der Waals surface area contributed by atoms with Crippen LogP contribution in [0.2, 0.25) is 0 Å². The van der Waals surface area contributed by atoms with Gasteiger partial charge < -0.3 is 9.84 Å². The van der Waals surface area contributed by atoms with Crippen molar-refractivity contribution in [1.29, 1.82) is 5.26 Å². The molecular formula is C30H38IN2O2+. The second-order valence-corrected chi connectivity index (χ2v) is 14.0. The summed E-state index contributed by atoms with van der Waals surface area (Å²) in [5.41, 5.74) is 7.33. The molecule has 186 valence electrons. The third kappa shape index (κ3) is 3.95. The second kappa shape index (κ2) is 8.53. The van der Waals surface area contributed by atoms with Gasteiger partial charge >= 0.3 is 0 Å². The van der Waals surface area contributed by atoms with Gasteiger partial charge in [-0.25, -0.2) is 0 Å². The highest BCUT2D eigenvalue weighted by Gasteiger charge is 2.57. The van der Waals surface area contributed by atoms with Crippen molar-refractivity contribution in [3.8, 4) is 6.07 Å². The molecule has 2 unspecified atom stereocenters. The van der Waals surface area contributed by atoms with E-state index in [4.69, 9.17) is 9.72 Å². The summed E-state index contributed by atoms with van der Waals surface area (Å²) in [4.78, 5) is 5.31. The lowest BCUT2D eigenvalue weighted by atomic mass is 9.70. The van der Waals surface area contributed by atoms with Gasteiger partial charge in [0.15, 0.2) is 6.10 Å². The Bertz CT molecular complexity index is 1190. The van der Waals surface area contributed by atoms with Gasteiger partial charge in [0.05, 0.1) is 22.7 Å². The van der Waals surface area contributed by atoms with Crippen LogP contribution in [0.5, 0.6) is 0 Å². The monoisotopic (exact) mass is 585 g/mol. The van der Waals surface area contributed by atoms with Gasteiger partial charge in [-0.05, 0) is 62.0 Å². The fourth-order valence-electron chi connectivity index (χ4n) is 6.58. The molecule has 2 aliphatic carbocycles. The van der Waals surface area contributed by atoms with Gasteiger partial charge in [-0.15, -0.1) is 0 Å². The Morgan fingerprint density at radius 3 is 2.46 bits per heavy atom. The van der Waals surface area contributed by atoms with Crippen LogP contribution < -0.4 is 0 Å². The van der Waals surface area contributed by atoms with Crippen LogP contribution in [0.3, 0.4) is 0 Å². The molecule has 2 heterocycles. The van der Waals surface area contributed by atoms with Crippen molar-refractivity contribution < 1.29 is 9.84 Å². The molecule has 1 aliphatic heterocycles. The molecule has 35 heavy (non-hydrogen) atoms. The molecule has 3 aliphatic rings. The van der Waals surface area contributed by atoms with Crippen molar-refractivity contribution >= 4 is 22.6 Å². The Kier molecular flexibility index (Phi) is 6.14. The molecule has 0 amide bonds. The minimum absolute atomic E-state index is 0.0870. The number of pyridine rings is 1. The lowest BCUT2D eigenvalue weighted by molar-refractivity contribution is -0.0516. The van der Waals surface area contributed by atoms with Gasteiger partial charge in [0.1, 0.15) is 11.7 Å². The van der Waals surface area contributed by atoms with Crippen molar-refractivity contribution in [3.63, 3.8) is 0 Å². The summed E-state index contributed by atoms with van der Waals surface area (Å²) in [6, 6.07) is 10.9. The van der Waals surface area contributed by atoms with E-state index in [-0.39, 0.29) is 29.1 Å². The Morgan fingerprint density at radius 2 is 1.89 bits per heavy atom. The maximum absolute atomic E-state index is 9.60. The van der Waals surface area contributed by atoms with Crippen LogP contribution in [0.4, 0.5) is 0 Å². The average Bonchev–Trinajstić information content (AvgIpc) is 3.33. The Morgan fingerprint density at radius 1 is 1.20 bits per heavy atom. The van der Waals surface area contributed by atoms with Gasteiger partial charge in [0.25, 0.3) is 0 Å². The average molecular weight is 586 g/mol. The second-order valence-electron chi connectivity index (χ2n) is 12.5. The van der Waals surface area contributed by atoms with E-state index in [0.29, 0.717) is 3.92 Å². The molecular weight excluding hydrogens is 547 g/mol. The zero-order chi connectivity index (χ0) is 25.3. The first kappa shape index (κ1) is 25.2. The molecule has 1 aromatic heterocycles. The fraction of sp³-hybridized carbons (Fsp3) is 0.600. The number of alkyl halides is 1. The predicted octanol–water partition coefficient (Wildman–Crippen LogP) is 7.05. The van der Waals surface area contributed by atoms with Gasteiger partial charge in [0.2, 0.25) is 0 Å². The number of hydrogen-bond donors (Lipinski definition) is 0. The summed E-state index contributed by atoms with van der Waals surface area (Å²) >= 11 is 2.61. The van der Waals surface area contributed by atoms with Gasteiger partial charge in [-0.1, -0.05) is 74.6 Å². The molecule has 0 radical (unpaired) electrons. The lowest BCUT2D eigenvalue weighted by Crippen LogP contribution is -2.35. The SMILES string of the molecule is CC(C)c1nc2c(c3c1[C@@H](c1ccc(C(C)(C)C#N)cc1)OC31CCCC1I)[C@@H]([OH2+])CC(C)(C)C2. The van der Waals surface area contributed by atoms with Crippen LogP contribution in [0.1, 0.15) is 125 Å². The Balaban J connectivity index is 1.75. The maximum atomic E-state index is 9.60. The number of nitriles is 1. The standard InChI is InChI=1S/C30H37IN2O2/c1-17(2)26-24-25(23-20(33-26)14-28(3,4)15-21(23)34)30(13-7-8-22(30)31)35-27(24)18-9-11-19(12-10-18)29(5,6)16-32/h9-12,17,21-22,27,34H,7-8,13-15H2,1-6H3/p+1/t21-,22?,27+,30?/m0/s1. The zero-order valence-corrected chi connectivity index (χ0v) is 24.0. The smallest absolute Gasteiger partial charge is 0.182 e. The summed E-state index contributed by atoms with van der Waals surface area (Å²) in [5, 5.41) is 18.8. The molecule has 1 spiro atoms. The third-order valence-electron chi connectivity index (χ3n) is 8.42. The first-order valence-corrected chi connectivity index (χ1v) is 14.3. The number of halogens is 1. The number of ether oxygens (including phenoxy) is 1. The van der Waals surface area contributed by atoms with Crippen molar-refractivity contribution in [2.24, 2.45) is 5.41 Å². The van der Waals surface area contributed by atoms with Crippen molar-refractivity contribution in [3.05, 3.63) is 63.5 Å². The summed E-state index contributed by atoms with van der Waals surface area (Å²) in [6.07, 6.45) is 4.64. The van der Waals surface area contributed by atoms with Crippen LogP contribution >= 0.6 is 22.6 Å². The van der Waals surface area contributed by atoms with Gasteiger partial charge in [-0.3, -0.25) is 4.98 Å². The van der Waals surface area contributed by atoms with Crippen molar-refractivity contribution in [2.75, 3.05) is 0 Å². The Labute approximate surface area is 223 Å². The topological polar surface area (TPSA) is 68.8 Å². The zero-order valence-electron chi connectivity index (χ0n) is 21.8. The van der Waals surface area contributed by atoms with Gasteiger partial charge in [-0.2, -0.15) is 5.26 Å². The molecule has 1 saturated carbocycles. The molecule has 2 N–H and O–H groups in total. The van der Waals surface area contributed by atoms with Crippen molar-refractivity contribution in [2.45, 2.75) is 107 Å². The normalized spacial score (nSPS) is 29.3. The largest absolute Gasteiger partial charge is 0.440 e. The van der Waals surface area contributed by atoms with E-state index in [1.54, 1.807) is 0 Å². The molecule has 5 rings (SSSR count). The van der Waals surface area contributed by atoms with Crippen LogP contribution in [-0.2, 0) is 22.2 Å². The number of hydrogen-bond acceptors (Lipinski definition) is 3. The number of rotatable bonds is 3. The molecule has 2 aromatic rings. The molecule has 1 aromatic carbocycles. The Hall–Kier alpha value is -1.49. The van der Waals surface area contributed by atoms with Crippen LogP contribution in [0, 0.1) is 16.7 Å². The number of benzene rings is 1. The summed E-state index contributed by atoms with van der Waals surface area (Å²) in [5.74, 6) is 0.274.